The molecule has 43 heavy (non-hydrogen) atoms. The summed E-state index contributed by atoms with van der Waals surface area (Å²) < 4.78 is 0. The third-order valence-corrected chi connectivity index (χ3v) is 6.97. The van der Waals surface area contributed by atoms with Crippen molar-refractivity contribution in [2.24, 2.45) is 11.7 Å². The molecule has 0 aliphatic heterocycles. The summed E-state index contributed by atoms with van der Waals surface area (Å²) >= 11 is 0. The Hall–Kier alpha value is -4.71. The van der Waals surface area contributed by atoms with Gasteiger partial charge in [0.05, 0.1) is 6.04 Å². The Morgan fingerprint density at radius 1 is 0.791 bits per heavy atom. The Morgan fingerprint density at radius 2 is 1.40 bits per heavy atom. The van der Waals surface area contributed by atoms with E-state index in [1.165, 1.54) is 0 Å². The molecule has 12 heteroatoms. The number of rotatable bonds is 16. The summed E-state index contributed by atoms with van der Waals surface area (Å²) in [6, 6.07) is 11.8. The predicted octanol–water partition coefficient (Wildman–Crippen LogP) is 1.73. The maximum absolute atomic E-state index is 13.5. The van der Waals surface area contributed by atoms with Crippen LogP contribution in [-0.4, -0.2) is 69.0 Å². The monoisotopic (exact) mass is 593 g/mol. The lowest BCUT2D eigenvalue weighted by atomic mass is 10.0. The highest BCUT2D eigenvalue weighted by molar-refractivity contribution is 5.94. The number of aromatic nitrogens is 1. The number of nitrogens with one attached hydrogen (secondary N) is 4. The van der Waals surface area contributed by atoms with Crippen molar-refractivity contribution in [2.45, 2.75) is 70.1 Å². The fourth-order valence-electron chi connectivity index (χ4n) is 4.74. The summed E-state index contributed by atoms with van der Waals surface area (Å²) in [4.78, 5) is 66.0. The summed E-state index contributed by atoms with van der Waals surface area (Å²) in [5.74, 6) is -4.64. The largest absolute Gasteiger partial charge is 0.481 e. The maximum Gasteiger partial charge on any atom is 0.326 e. The van der Waals surface area contributed by atoms with Gasteiger partial charge in [0.15, 0.2) is 0 Å². The standard InChI is InChI=1S/C31H39N5O7/c1-18(2)14-26(31(42)43)36-29(40)24(12-13-27(37)38)34-30(41)25(15-19-8-4-3-5-9-19)35-28(39)22(32)16-20-17-33-23-11-7-6-10-21(20)23/h3-11,17-18,22,24-26,33H,12-16,32H2,1-2H3,(H,34,41)(H,35,39)(H,36,40)(H,37,38)(H,42,43). The molecule has 0 aliphatic rings. The van der Waals surface area contributed by atoms with Gasteiger partial charge in [-0.2, -0.15) is 0 Å². The molecular formula is C31H39N5O7. The zero-order valence-corrected chi connectivity index (χ0v) is 24.2. The number of carboxylic acids is 2. The van der Waals surface area contributed by atoms with E-state index in [0.717, 1.165) is 22.0 Å². The molecule has 4 unspecified atom stereocenters. The third-order valence-electron chi connectivity index (χ3n) is 6.97. The van der Waals surface area contributed by atoms with Gasteiger partial charge in [-0.3, -0.25) is 19.2 Å². The van der Waals surface area contributed by atoms with Crippen molar-refractivity contribution in [1.82, 2.24) is 20.9 Å². The molecular weight excluding hydrogens is 554 g/mol. The predicted molar refractivity (Wildman–Crippen MR) is 160 cm³/mol. The number of benzene rings is 2. The van der Waals surface area contributed by atoms with Crippen LogP contribution in [-0.2, 0) is 36.8 Å². The molecule has 0 saturated carbocycles. The number of hydrogen-bond donors (Lipinski definition) is 7. The van der Waals surface area contributed by atoms with Crippen LogP contribution in [0.1, 0.15) is 44.2 Å². The number of carbonyl (C=O) groups is 5. The lowest BCUT2D eigenvalue weighted by Gasteiger charge is -2.25. The van der Waals surface area contributed by atoms with Gasteiger partial charge in [-0.15, -0.1) is 0 Å². The topological polar surface area (TPSA) is 204 Å². The Kier molecular flexibility index (Phi) is 11.8. The lowest BCUT2D eigenvalue weighted by Crippen LogP contribution is -2.58. The van der Waals surface area contributed by atoms with Crippen LogP contribution in [0.4, 0.5) is 0 Å². The number of carboxylic acid groups (broad SMARTS) is 2. The SMILES string of the molecule is CC(C)CC(NC(=O)C(CCC(=O)O)NC(=O)C(Cc1ccccc1)NC(=O)C(N)Cc1c[nH]c2ccccc12)C(=O)O. The Labute approximate surface area is 249 Å². The van der Waals surface area contributed by atoms with E-state index in [1.807, 2.05) is 24.3 Å². The first-order chi connectivity index (χ1) is 20.4. The number of H-pyrrole nitrogens is 1. The van der Waals surface area contributed by atoms with Crippen molar-refractivity contribution in [3.63, 3.8) is 0 Å². The number of aliphatic carboxylic acids is 2. The van der Waals surface area contributed by atoms with Gasteiger partial charge in [-0.05, 0) is 42.4 Å². The van der Waals surface area contributed by atoms with E-state index in [9.17, 15) is 34.2 Å². The first-order valence-electron chi connectivity index (χ1n) is 14.1. The number of fused-ring (bicyclic) bond motifs is 1. The lowest BCUT2D eigenvalue weighted by molar-refractivity contribution is -0.143. The molecule has 3 rings (SSSR count). The normalized spacial score (nSPS) is 14.0. The van der Waals surface area contributed by atoms with Gasteiger partial charge < -0.3 is 36.9 Å². The molecule has 0 aliphatic carbocycles. The highest BCUT2D eigenvalue weighted by atomic mass is 16.4. The number of para-hydroxylation sites is 1. The summed E-state index contributed by atoms with van der Waals surface area (Å²) in [7, 11) is 0. The molecule has 0 spiro atoms. The van der Waals surface area contributed by atoms with Gasteiger partial charge >= 0.3 is 11.9 Å². The second-order valence-electron chi connectivity index (χ2n) is 10.9. The van der Waals surface area contributed by atoms with Crippen LogP contribution in [0, 0.1) is 5.92 Å². The zero-order valence-electron chi connectivity index (χ0n) is 24.2. The van der Waals surface area contributed by atoms with Crippen LogP contribution in [0.2, 0.25) is 0 Å². The van der Waals surface area contributed by atoms with Gasteiger partial charge in [0.25, 0.3) is 0 Å². The van der Waals surface area contributed by atoms with Gasteiger partial charge in [0.1, 0.15) is 18.1 Å². The number of carbonyl (C=O) groups excluding carboxylic acids is 3. The van der Waals surface area contributed by atoms with E-state index in [-0.39, 0.29) is 31.6 Å². The molecule has 1 aromatic heterocycles. The molecule has 3 amide bonds. The molecule has 0 radical (unpaired) electrons. The van der Waals surface area contributed by atoms with Crippen molar-refractivity contribution < 1.29 is 34.2 Å². The minimum Gasteiger partial charge on any atom is -0.481 e. The van der Waals surface area contributed by atoms with E-state index < -0.39 is 60.2 Å². The minimum atomic E-state index is -1.35. The zero-order chi connectivity index (χ0) is 31.5. The number of amides is 3. The van der Waals surface area contributed by atoms with E-state index in [1.54, 1.807) is 50.4 Å². The van der Waals surface area contributed by atoms with Crippen LogP contribution >= 0.6 is 0 Å². The number of nitrogens with two attached hydrogens (primary N) is 1. The molecule has 0 saturated heterocycles. The Morgan fingerprint density at radius 3 is 2.05 bits per heavy atom. The molecule has 8 N–H and O–H groups in total. The van der Waals surface area contributed by atoms with Crippen molar-refractivity contribution in [2.75, 3.05) is 0 Å². The smallest absolute Gasteiger partial charge is 0.326 e. The molecule has 3 aromatic rings. The van der Waals surface area contributed by atoms with Crippen molar-refractivity contribution in [3.05, 3.63) is 71.9 Å². The van der Waals surface area contributed by atoms with Crippen molar-refractivity contribution >= 4 is 40.6 Å². The highest BCUT2D eigenvalue weighted by Gasteiger charge is 2.31. The average molecular weight is 594 g/mol. The van der Waals surface area contributed by atoms with Gasteiger partial charge in [-0.25, -0.2) is 4.79 Å². The third kappa shape index (κ3) is 9.96. The molecule has 2 aromatic carbocycles. The van der Waals surface area contributed by atoms with E-state index in [4.69, 9.17) is 5.73 Å². The Balaban J connectivity index is 1.78. The number of hydrogen-bond acceptors (Lipinski definition) is 6. The minimum absolute atomic E-state index is 0.0487. The fourth-order valence-corrected chi connectivity index (χ4v) is 4.74. The van der Waals surface area contributed by atoms with Crippen molar-refractivity contribution in [3.8, 4) is 0 Å². The summed E-state index contributed by atoms with van der Waals surface area (Å²) in [6.07, 6.45) is 1.45. The first-order valence-corrected chi connectivity index (χ1v) is 14.1. The molecule has 230 valence electrons. The quantitative estimate of drug-likeness (QED) is 0.130. The van der Waals surface area contributed by atoms with Gasteiger partial charge in [0, 0.05) is 29.9 Å². The van der Waals surface area contributed by atoms with Crippen LogP contribution in [0.3, 0.4) is 0 Å². The van der Waals surface area contributed by atoms with Gasteiger partial charge in [0.2, 0.25) is 17.7 Å². The van der Waals surface area contributed by atoms with E-state index in [0.29, 0.717) is 0 Å². The molecule has 4 atom stereocenters. The van der Waals surface area contributed by atoms with Gasteiger partial charge in [-0.1, -0.05) is 62.4 Å². The summed E-state index contributed by atoms with van der Waals surface area (Å²) in [5, 5.41) is 27.3. The molecule has 0 fully saturated rings. The van der Waals surface area contributed by atoms with E-state index >= 15 is 0 Å². The molecule has 1 heterocycles. The van der Waals surface area contributed by atoms with Crippen LogP contribution in [0.5, 0.6) is 0 Å². The maximum atomic E-state index is 13.5. The summed E-state index contributed by atoms with van der Waals surface area (Å²) in [5.41, 5.74) is 8.71. The van der Waals surface area contributed by atoms with Crippen LogP contribution in [0.25, 0.3) is 10.9 Å². The summed E-state index contributed by atoms with van der Waals surface area (Å²) in [6.45, 7) is 3.59. The van der Waals surface area contributed by atoms with Crippen LogP contribution in [0.15, 0.2) is 60.8 Å². The molecule has 0 bridgehead atoms. The number of aromatic amines is 1. The second-order valence-corrected chi connectivity index (χ2v) is 10.9. The Bertz CT molecular complexity index is 1420. The first kappa shape index (κ1) is 32.8. The molecule has 12 nitrogen and oxygen atoms in total. The van der Waals surface area contributed by atoms with Crippen molar-refractivity contribution in [1.29, 1.82) is 0 Å². The fraction of sp³-hybridized carbons (Fsp3) is 0.387. The van der Waals surface area contributed by atoms with Crippen LogP contribution < -0.4 is 21.7 Å². The highest BCUT2D eigenvalue weighted by Crippen LogP contribution is 2.19. The second kappa shape index (κ2) is 15.5. The van der Waals surface area contributed by atoms with E-state index in [2.05, 4.69) is 20.9 Å². The average Bonchev–Trinajstić information content (AvgIpc) is 3.37.